The number of ether oxygens (including phenoxy) is 2. The highest BCUT2D eigenvalue weighted by Gasteiger charge is 2.33. The first-order chi connectivity index (χ1) is 12.9. The highest BCUT2D eigenvalue weighted by Crippen LogP contribution is 2.41. The Kier molecular flexibility index (Phi) is 8.52. The topological polar surface area (TPSA) is 35.5 Å². The third-order valence-electron chi connectivity index (χ3n) is 6.01. The van der Waals surface area contributed by atoms with Crippen molar-refractivity contribution >= 4 is 5.97 Å². The summed E-state index contributed by atoms with van der Waals surface area (Å²) >= 11 is 0. The molecule has 2 aliphatic rings. The lowest BCUT2D eigenvalue weighted by Gasteiger charge is -2.36. The van der Waals surface area contributed by atoms with Gasteiger partial charge in [0.2, 0.25) is 0 Å². The van der Waals surface area contributed by atoms with Gasteiger partial charge in [0.25, 0.3) is 0 Å². The molecule has 3 nitrogen and oxygen atoms in total. The predicted octanol–water partition coefficient (Wildman–Crippen LogP) is 6.38. The van der Waals surface area contributed by atoms with Gasteiger partial charge in [0.1, 0.15) is 11.5 Å². The zero-order valence-electron chi connectivity index (χ0n) is 16.5. The number of rotatable bonds is 7. The Labute approximate surface area is 161 Å². The molecule has 0 aliphatic heterocycles. The fraction of sp³-hybridized carbons (Fsp3) is 0.682. The molecule has 0 saturated heterocycles. The summed E-state index contributed by atoms with van der Waals surface area (Å²) in [6.07, 6.45) is 13.3. The van der Waals surface area contributed by atoms with Crippen molar-refractivity contribution in [3.05, 3.63) is 36.3 Å². The third-order valence-corrected chi connectivity index (χ3v) is 6.01. The summed E-state index contributed by atoms with van der Waals surface area (Å²) in [5.41, 5.74) is 0. The molecule has 0 N–H and O–H groups in total. The first-order valence-corrected chi connectivity index (χ1v) is 10.1. The van der Waals surface area contributed by atoms with Crippen LogP contribution in [0.2, 0.25) is 0 Å². The van der Waals surface area contributed by atoms with E-state index in [4.69, 9.17) is 4.74 Å². The smallest absolute Gasteiger partial charge is 0.387 e. The first-order valence-electron chi connectivity index (χ1n) is 10.1. The summed E-state index contributed by atoms with van der Waals surface area (Å²) in [5, 5.41) is 0. The second-order valence-electron chi connectivity index (χ2n) is 7.92. The van der Waals surface area contributed by atoms with Gasteiger partial charge in [-0.25, -0.2) is 0 Å². The van der Waals surface area contributed by atoms with Crippen LogP contribution in [0.4, 0.5) is 8.78 Å². The molecule has 0 aromatic heterocycles. The summed E-state index contributed by atoms with van der Waals surface area (Å²) in [6, 6.07) is 0. The SMILES string of the molecule is C=C(/C=C\C(=C/C)OC(F)F)OC(=O)C1CCC(C2CCC(C)CC2)CC1. The zero-order chi connectivity index (χ0) is 19.8. The summed E-state index contributed by atoms with van der Waals surface area (Å²) in [6.45, 7) is 4.70. The second-order valence-corrected chi connectivity index (χ2v) is 7.92. The Balaban J connectivity index is 1.74. The van der Waals surface area contributed by atoms with Crippen molar-refractivity contribution in [2.24, 2.45) is 23.7 Å². The molecule has 5 heteroatoms. The number of esters is 1. The molecule has 2 rings (SSSR count). The van der Waals surface area contributed by atoms with Crippen LogP contribution in [0.5, 0.6) is 0 Å². The van der Waals surface area contributed by atoms with Gasteiger partial charge in [-0.15, -0.1) is 0 Å². The monoisotopic (exact) mass is 382 g/mol. The van der Waals surface area contributed by atoms with Gasteiger partial charge in [-0.3, -0.25) is 4.79 Å². The molecule has 0 heterocycles. The van der Waals surface area contributed by atoms with Gasteiger partial charge in [0.15, 0.2) is 0 Å². The lowest BCUT2D eigenvalue weighted by Crippen LogP contribution is -2.28. The molecule has 0 bridgehead atoms. The summed E-state index contributed by atoms with van der Waals surface area (Å²) < 4.78 is 34.1. The molecule has 2 fully saturated rings. The van der Waals surface area contributed by atoms with Crippen LogP contribution in [0.15, 0.2) is 36.3 Å². The summed E-state index contributed by atoms with van der Waals surface area (Å²) in [5.74, 6) is 2.22. The fourth-order valence-corrected chi connectivity index (χ4v) is 4.31. The van der Waals surface area contributed by atoms with Gasteiger partial charge < -0.3 is 9.47 Å². The van der Waals surface area contributed by atoms with Crippen molar-refractivity contribution < 1.29 is 23.0 Å². The van der Waals surface area contributed by atoms with Gasteiger partial charge in [-0.2, -0.15) is 8.78 Å². The maximum Gasteiger partial charge on any atom is 0.387 e. The molecule has 152 valence electrons. The van der Waals surface area contributed by atoms with Crippen LogP contribution in [-0.4, -0.2) is 12.6 Å². The van der Waals surface area contributed by atoms with E-state index >= 15 is 0 Å². The average Bonchev–Trinajstić information content (AvgIpc) is 2.65. The lowest BCUT2D eigenvalue weighted by molar-refractivity contribution is -0.145. The number of carbonyl (C=O) groups is 1. The van der Waals surface area contributed by atoms with Crippen molar-refractivity contribution in [2.45, 2.75) is 71.8 Å². The lowest BCUT2D eigenvalue weighted by atomic mass is 9.69. The molecule has 2 aliphatic carbocycles. The number of hydrogen-bond donors (Lipinski definition) is 0. The van der Waals surface area contributed by atoms with E-state index in [2.05, 4.69) is 18.2 Å². The Bertz CT molecular complexity index is 552. The Morgan fingerprint density at radius 1 is 1.00 bits per heavy atom. The van der Waals surface area contributed by atoms with Gasteiger partial charge in [0.05, 0.1) is 5.92 Å². The van der Waals surface area contributed by atoms with Crippen LogP contribution in [0.1, 0.15) is 65.2 Å². The highest BCUT2D eigenvalue weighted by molar-refractivity contribution is 5.73. The maximum absolute atomic E-state index is 12.3. The minimum Gasteiger partial charge on any atom is -0.435 e. The quantitative estimate of drug-likeness (QED) is 0.291. The van der Waals surface area contributed by atoms with Gasteiger partial charge in [-0.05, 0) is 81.4 Å². The standard InChI is InChI=1S/C22H32F2O3/c1-4-20(27-22(23)24)14-7-16(3)26-21(25)19-12-10-18(11-13-19)17-8-5-15(2)6-9-17/h4,7,14-15,17-19,22H,3,5-6,8-13H2,1-2H3/b14-7-,20-4+. The Hall–Kier alpha value is -1.65. The predicted molar refractivity (Wildman–Crippen MR) is 102 cm³/mol. The largest absolute Gasteiger partial charge is 0.435 e. The minimum atomic E-state index is -2.89. The van der Waals surface area contributed by atoms with E-state index in [-0.39, 0.29) is 23.4 Å². The van der Waals surface area contributed by atoms with E-state index in [9.17, 15) is 13.6 Å². The number of halogens is 2. The molecule has 27 heavy (non-hydrogen) atoms. The second kappa shape index (κ2) is 10.6. The molecular formula is C22H32F2O3. The minimum absolute atomic E-state index is 0.00417. The van der Waals surface area contributed by atoms with Crippen molar-refractivity contribution in [2.75, 3.05) is 0 Å². The van der Waals surface area contributed by atoms with E-state index in [0.29, 0.717) is 0 Å². The van der Waals surface area contributed by atoms with Crippen LogP contribution in [0.25, 0.3) is 0 Å². The summed E-state index contributed by atoms with van der Waals surface area (Å²) in [4.78, 5) is 12.3. The molecule has 0 unspecified atom stereocenters. The zero-order valence-corrected chi connectivity index (χ0v) is 16.5. The van der Waals surface area contributed by atoms with E-state index in [1.807, 2.05) is 0 Å². The Morgan fingerprint density at radius 2 is 1.56 bits per heavy atom. The van der Waals surface area contributed by atoms with Crippen molar-refractivity contribution in [1.29, 1.82) is 0 Å². The molecule has 0 spiro atoms. The molecular weight excluding hydrogens is 350 g/mol. The van der Waals surface area contributed by atoms with Crippen LogP contribution in [0.3, 0.4) is 0 Å². The van der Waals surface area contributed by atoms with E-state index in [1.54, 1.807) is 6.92 Å². The van der Waals surface area contributed by atoms with Crippen LogP contribution < -0.4 is 0 Å². The first kappa shape index (κ1) is 21.6. The van der Waals surface area contributed by atoms with Crippen molar-refractivity contribution in [3.8, 4) is 0 Å². The van der Waals surface area contributed by atoms with Crippen molar-refractivity contribution in [1.82, 2.24) is 0 Å². The van der Waals surface area contributed by atoms with E-state index < -0.39 is 6.61 Å². The molecule has 0 amide bonds. The molecule has 2 saturated carbocycles. The molecule has 0 radical (unpaired) electrons. The van der Waals surface area contributed by atoms with Crippen molar-refractivity contribution in [3.63, 3.8) is 0 Å². The van der Waals surface area contributed by atoms with Gasteiger partial charge in [0, 0.05) is 0 Å². The molecule has 0 aromatic rings. The third kappa shape index (κ3) is 7.11. The van der Waals surface area contributed by atoms with Crippen LogP contribution >= 0.6 is 0 Å². The highest BCUT2D eigenvalue weighted by atomic mass is 19.3. The Morgan fingerprint density at radius 3 is 2.07 bits per heavy atom. The average molecular weight is 382 g/mol. The van der Waals surface area contributed by atoms with E-state index in [1.165, 1.54) is 43.9 Å². The molecule has 0 atom stereocenters. The summed E-state index contributed by atoms with van der Waals surface area (Å²) in [7, 11) is 0. The molecule has 0 aromatic carbocycles. The van der Waals surface area contributed by atoms with Gasteiger partial charge in [-0.1, -0.05) is 26.3 Å². The van der Waals surface area contributed by atoms with E-state index in [0.717, 1.165) is 43.4 Å². The fourth-order valence-electron chi connectivity index (χ4n) is 4.31. The van der Waals surface area contributed by atoms with Crippen LogP contribution in [0, 0.1) is 23.7 Å². The van der Waals surface area contributed by atoms with Gasteiger partial charge >= 0.3 is 12.6 Å². The number of alkyl halides is 2. The normalized spacial score (nSPS) is 29.7. The number of carbonyl (C=O) groups excluding carboxylic acids is 1. The number of allylic oxidation sites excluding steroid dienone is 3. The number of hydrogen-bond acceptors (Lipinski definition) is 3. The maximum atomic E-state index is 12.3. The van der Waals surface area contributed by atoms with Crippen LogP contribution in [-0.2, 0) is 14.3 Å².